The first kappa shape index (κ1) is 59.1. The summed E-state index contributed by atoms with van der Waals surface area (Å²) >= 11 is 0. The number of amides is 2. The standard InChI is InChI=1S/2C28H30F2N2O4.H2O4S/c2*29-19-5-3-18(4-6-19)25(33)14-13-24-27(32(28(24)35)21-9-7-20(30)8-10-21)23-12-11-22(17-26(23)34)36-16-2-1-15-31;1-5(2,3)4/h2*3-12,17,24-25,27,33-34H,1-2,13-16,31H2;(H2,1,2,3,4). The van der Waals surface area contributed by atoms with Gasteiger partial charge in [-0.25, -0.2) is 17.6 Å². The van der Waals surface area contributed by atoms with Crippen LogP contribution in [0.4, 0.5) is 28.9 Å². The molecule has 2 aliphatic heterocycles. The first-order chi connectivity index (χ1) is 36.8. The predicted octanol–water partition coefficient (Wildman–Crippen LogP) is 9.36. The van der Waals surface area contributed by atoms with Gasteiger partial charge in [-0.05, 0) is 173 Å². The zero-order valence-corrected chi connectivity index (χ0v) is 42.6. The lowest BCUT2D eigenvalue weighted by atomic mass is 9.78. The Kier molecular flexibility index (Phi) is 21.3. The summed E-state index contributed by atoms with van der Waals surface area (Å²) in [5, 5.41) is 42.9. The van der Waals surface area contributed by atoms with Gasteiger partial charge < -0.3 is 51.2 Å². The number of phenols is 2. The second-order valence-electron chi connectivity index (χ2n) is 18.3. The fourth-order valence-electron chi connectivity index (χ4n) is 9.13. The van der Waals surface area contributed by atoms with E-state index in [0.29, 0.717) is 84.3 Å². The molecule has 0 bridgehead atoms. The molecule has 6 aromatic carbocycles. The van der Waals surface area contributed by atoms with Crippen LogP contribution in [-0.4, -0.2) is 76.1 Å². The topological polar surface area (TPSA) is 267 Å². The fourth-order valence-corrected chi connectivity index (χ4v) is 9.13. The van der Waals surface area contributed by atoms with Crippen LogP contribution in [0.3, 0.4) is 0 Å². The van der Waals surface area contributed by atoms with Crippen LogP contribution in [0.15, 0.2) is 133 Å². The normalized spacial score (nSPS) is 17.7. The third-order valence-electron chi connectivity index (χ3n) is 13.0. The van der Waals surface area contributed by atoms with Crippen LogP contribution in [-0.2, 0) is 20.0 Å². The average Bonchev–Trinajstić information content (AvgIpc) is 3.42. The van der Waals surface area contributed by atoms with E-state index in [1.54, 1.807) is 24.3 Å². The van der Waals surface area contributed by atoms with Crippen molar-refractivity contribution in [2.45, 2.75) is 75.7 Å². The van der Waals surface area contributed by atoms with Gasteiger partial charge in [0.1, 0.15) is 46.3 Å². The minimum Gasteiger partial charge on any atom is -0.507 e. The summed E-state index contributed by atoms with van der Waals surface area (Å²) in [4.78, 5) is 29.4. The summed E-state index contributed by atoms with van der Waals surface area (Å²) < 4.78 is 96.4. The molecule has 8 rings (SSSR count). The number of nitrogens with zero attached hydrogens (tertiary/aromatic N) is 2. The zero-order valence-electron chi connectivity index (χ0n) is 41.8. The highest BCUT2D eigenvalue weighted by Gasteiger charge is 2.50. The van der Waals surface area contributed by atoms with Crippen molar-refractivity contribution in [2.75, 3.05) is 36.1 Å². The van der Waals surface area contributed by atoms with Gasteiger partial charge in [0, 0.05) is 34.6 Å². The molecule has 412 valence electrons. The van der Waals surface area contributed by atoms with E-state index in [1.165, 1.54) is 119 Å². The van der Waals surface area contributed by atoms with Gasteiger partial charge in [-0.2, -0.15) is 8.42 Å². The van der Waals surface area contributed by atoms with E-state index in [2.05, 4.69) is 0 Å². The Hall–Kier alpha value is -7.11. The number of halogens is 4. The molecule has 6 unspecified atom stereocenters. The number of unbranched alkanes of at least 4 members (excludes halogenated alkanes) is 2. The summed E-state index contributed by atoms with van der Waals surface area (Å²) in [7, 11) is -4.67. The molecule has 6 atom stereocenters. The molecule has 2 saturated heterocycles. The van der Waals surface area contributed by atoms with Gasteiger partial charge in [-0.3, -0.25) is 18.7 Å². The smallest absolute Gasteiger partial charge is 0.394 e. The quantitative estimate of drug-likeness (QED) is 0.0136. The Bertz CT molecular complexity index is 2790. The average molecular weight is 1090 g/mol. The Morgan fingerprint density at radius 2 is 0.818 bits per heavy atom. The monoisotopic (exact) mass is 1090 g/mol. The molecule has 2 fully saturated rings. The summed E-state index contributed by atoms with van der Waals surface area (Å²) in [5.41, 5.74) is 14.2. The van der Waals surface area contributed by atoms with Crippen molar-refractivity contribution >= 4 is 33.6 Å². The van der Waals surface area contributed by atoms with Crippen LogP contribution in [0.25, 0.3) is 0 Å². The van der Waals surface area contributed by atoms with E-state index in [0.717, 1.165) is 25.7 Å². The van der Waals surface area contributed by atoms with E-state index in [4.69, 9.17) is 38.5 Å². The van der Waals surface area contributed by atoms with E-state index in [-0.39, 0.29) is 36.2 Å². The van der Waals surface area contributed by atoms with E-state index in [9.17, 15) is 47.6 Å². The second-order valence-corrected chi connectivity index (χ2v) is 19.2. The van der Waals surface area contributed by atoms with Crippen LogP contribution in [0, 0.1) is 35.1 Å². The van der Waals surface area contributed by atoms with Crippen molar-refractivity contribution in [3.05, 3.63) is 179 Å². The second kappa shape index (κ2) is 27.8. The zero-order chi connectivity index (χ0) is 55.8. The fraction of sp³-hybridized carbons (Fsp3) is 0.321. The SMILES string of the molecule is NCCCCOc1ccc(C2C(CCC(O)c3ccc(F)cc3)C(=O)N2c2ccc(F)cc2)c(O)c1.NCCCCOc1ccc(C2C(CCC(O)c3ccc(F)cc3)C(=O)N2c2ccc(F)cc2)c(O)c1.O=S(=O)(O)O. The van der Waals surface area contributed by atoms with E-state index in [1.807, 2.05) is 0 Å². The highest BCUT2D eigenvalue weighted by Crippen LogP contribution is 2.51. The Morgan fingerprint density at radius 1 is 0.506 bits per heavy atom. The first-order valence-electron chi connectivity index (χ1n) is 24.8. The van der Waals surface area contributed by atoms with Crippen LogP contribution in [0.5, 0.6) is 23.0 Å². The van der Waals surface area contributed by atoms with Crippen molar-refractivity contribution in [3.8, 4) is 23.0 Å². The van der Waals surface area contributed by atoms with Gasteiger partial charge in [0.2, 0.25) is 11.8 Å². The van der Waals surface area contributed by atoms with Gasteiger partial charge in [-0.15, -0.1) is 0 Å². The third-order valence-corrected chi connectivity index (χ3v) is 13.0. The van der Waals surface area contributed by atoms with Crippen LogP contribution in [0.2, 0.25) is 0 Å². The molecule has 21 heteroatoms. The van der Waals surface area contributed by atoms with Crippen molar-refractivity contribution in [2.24, 2.45) is 23.3 Å². The molecule has 0 spiro atoms. The molecule has 6 aromatic rings. The van der Waals surface area contributed by atoms with Crippen molar-refractivity contribution < 1.29 is 74.6 Å². The number of hydrogen-bond acceptors (Lipinski definition) is 12. The van der Waals surface area contributed by atoms with Crippen molar-refractivity contribution in [1.29, 1.82) is 0 Å². The van der Waals surface area contributed by atoms with Gasteiger partial charge in [0.25, 0.3) is 0 Å². The first-order valence-corrected chi connectivity index (χ1v) is 26.2. The highest BCUT2D eigenvalue weighted by molar-refractivity contribution is 7.79. The Morgan fingerprint density at radius 3 is 1.12 bits per heavy atom. The maximum Gasteiger partial charge on any atom is 0.394 e. The predicted molar refractivity (Wildman–Crippen MR) is 279 cm³/mol. The molecule has 0 aliphatic carbocycles. The number of aliphatic hydroxyl groups excluding tert-OH is 2. The molecule has 0 saturated carbocycles. The number of hydrogen-bond donors (Lipinski definition) is 8. The molecule has 2 aliphatic rings. The minimum atomic E-state index is -4.67. The van der Waals surface area contributed by atoms with Gasteiger partial charge in [0.15, 0.2) is 0 Å². The third kappa shape index (κ3) is 16.4. The maximum absolute atomic E-state index is 13.5. The number of benzene rings is 6. The van der Waals surface area contributed by atoms with Crippen molar-refractivity contribution in [3.63, 3.8) is 0 Å². The maximum atomic E-state index is 13.5. The van der Waals surface area contributed by atoms with Crippen LogP contribution >= 0.6 is 0 Å². The molecule has 2 amide bonds. The number of nitrogens with two attached hydrogens (primary N) is 2. The van der Waals surface area contributed by atoms with Crippen LogP contribution < -0.4 is 30.7 Å². The van der Waals surface area contributed by atoms with Gasteiger partial charge in [0.05, 0.1) is 49.3 Å². The number of ether oxygens (including phenoxy) is 2. The van der Waals surface area contributed by atoms with E-state index < -0.39 is 69.8 Å². The summed E-state index contributed by atoms with van der Waals surface area (Å²) in [6.45, 7) is 2.12. The molecular formula is C56H62F4N4O12S. The number of anilines is 2. The lowest BCUT2D eigenvalue weighted by Gasteiger charge is -2.48. The number of carbonyl (C=O) groups excluding carboxylic acids is 2. The number of rotatable bonds is 22. The van der Waals surface area contributed by atoms with Crippen LogP contribution in [0.1, 0.15) is 97.9 Å². The molecule has 16 nitrogen and oxygen atoms in total. The minimum absolute atomic E-state index is 0.0139. The molecular weight excluding hydrogens is 1030 g/mol. The Balaban J connectivity index is 0.000000229. The number of β-lactam (4-membered cyclic amide) rings is 2. The van der Waals surface area contributed by atoms with Gasteiger partial charge >= 0.3 is 10.4 Å². The lowest BCUT2D eigenvalue weighted by Crippen LogP contribution is -2.55. The molecule has 77 heavy (non-hydrogen) atoms. The number of phenolic OH excluding ortho intramolecular Hbond substituents is 2. The molecule has 0 radical (unpaired) electrons. The summed E-state index contributed by atoms with van der Waals surface area (Å²) in [6.07, 6.45) is 2.79. The number of aromatic hydroxyl groups is 2. The Labute approximate surface area is 443 Å². The summed E-state index contributed by atoms with van der Waals surface area (Å²) in [5.74, 6) is -2.00. The molecule has 10 N–H and O–H groups in total. The molecule has 2 heterocycles. The van der Waals surface area contributed by atoms with E-state index >= 15 is 0 Å². The molecule has 0 aromatic heterocycles. The van der Waals surface area contributed by atoms with Crippen molar-refractivity contribution in [1.82, 2.24) is 0 Å². The largest absolute Gasteiger partial charge is 0.507 e. The highest BCUT2D eigenvalue weighted by atomic mass is 32.3. The van der Waals surface area contributed by atoms with Gasteiger partial charge in [-0.1, -0.05) is 24.3 Å². The summed E-state index contributed by atoms with van der Waals surface area (Å²) in [6, 6.07) is 31.4. The number of aliphatic hydroxyl groups is 2. The lowest BCUT2D eigenvalue weighted by molar-refractivity contribution is -0.131. The number of carbonyl (C=O) groups is 2.